The van der Waals surface area contributed by atoms with Crippen molar-refractivity contribution in [1.29, 1.82) is 0 Å². The lowest BCUT2D eigenvalue weighted by molar-refractivity contribution is 0.0784. The summed E-state index contributed by atoms with van der Waals surface area (Å²) in [5.41, 5.74) is 3.21. The van der Waals surface area contributed by atoms with Crippen LogP contribution < -0.4 is 5.32 Å². The number of nitrogens with one attached hydrogen (secondary N) is 1. The summed E-state index contributed by atoms with van der Waals surface area (Å²) in [5.74, 6) is -0.201. The maximum atomic E-state index is 12.6. The fourth-order valence-corrected chi connectivity index (χ4v) is 2.62. The second-order valence-corrected chi connectivity index (χ2v) is 7.61. The number of aryl methyl sites for hydroxylation is 1. The fraction of sp³-hybridized carbons (Fsp3) is 0.364. The highest BCUT2D eigenvalue weighted by atomic mass is 16.2. The molecule has 2 rings (SSSR count). The van der Waals surface area contributed by atoms with Crippen molar-refractivity contribution in [2.45, 2.75) is 46.2 Å². The molecule has 0 heterocycles. The van der Waals surface area contributed by atoms with Crippen molar-refractivity contribution in [1.82, 2.24) is 10.2 Å². The van der Waals surface area contributed by atoms with Crippen LogP contribution in [0, 0.1) is 0 Å². The van der Waals surface area contributed by atoms with Gasteiger partial charge in [-0.1, -0.05) is 31.2 Å². The van der Waals surface area contributed by atoms with E-state index < -0.39 is 0 Å². The smallest absolute Gasteiger partial charge is 0.253 e. The van der Waals surface area contributed by atoms with Gasteiger partial charge in [0.1, 0.15) is 0 Å². The molecule has 2 amide bonds. The molecule has 0 atom stereocenters. The van der Waals surface area contributed by atoms with E-state index >= 15 is 0 Å². The van der Waals surface area contributed by atoms with Gasteiger partial charge < -0.3 is 10.2 Å². The quantitative estimate of drug-likeness (QED) is 0.882. The highest BCUT2D eigenvalue weighted by Crippen LogP contribution is 2.12. The Morgan fingerprint density at radius 1 is 0.885 bits per heavy atom. The van der Waals surface area contributed by atoms with E-state index in [2.05, 4.69) is 36.5 Å². The molecule has 138 valence electrons. The molecule has 0 aromatic heterocycles. The van der Waals surface area contributed by atoms with Gasteiger partial charge in [0.05, 0.1) is 0 Å². The molecule has 0 bridgehead atoms. The Morgan fingerprint density at radius 2 is 1.38 bits per heavy atom. The van der Waals surface area contributed by atoms with E-state index in [-0.39, 0.29) is 17.4 Å². The first-order chi connectivity index (χ1) is 12.2. The molecular formula is C22H28N2O2. The standard InChI is InChI=1S/C22H28N2O2/c1-6-16-7-9-17(10-8-16)15-24(5)21(26)19-13-11-18(12-14-19)20(25)23-22(2,3)4/h7-14H,6,15H2,1-5H3,(H,23,25). The second-order valence-electron chi connectivity index (χ2n) is 7.61. The lowest BCUT2D eigenvalue weighted by atomic mass is 10.1. The Kier molecular flexibility index (Phi) is 6.19. The number of carbonyl (C=O) groups excluding carboxylic acids is 2. The number of amides is 2. The Hall–Kier alpha value is -2.62. The summed E-state index contributed by atoms with van der Waals surface area (Å²) in [5, 5.41) is 2.91. The molecule has 26 heavy (non-hydrogen) atoms. The second kappa shape index (κ2) is 8.17. The third kappa shape index (κ3) is 5.45. The van der Waals surface area contributed by atoms with E-state index in [1.54, 1.807) is 36.2 Å². The van der Waals surface area contributed by atoms with Gasteiger partial charge in [0.15, 0.2) is 0 Å². The first-order valence-corrected chi connectivity index (χ1v) is 8.95. The summed E-state index contributed by atoms with van der Waals surface area (Å²) in [6.45, 7) is 8.48. The fourth-order valence-electron chi connectivity index (χ4n) is 2.62. The summed E-state index contributed by atoms with van der Waals surface area (Å²) in [6, 6.07) is 15.1. The molecule has 1 N–H and O–H groups in total. The molecule has 0 unspecified atom stereocenters. The van der Waals surface area contributed by atoms with Gasteiger partial charge in [-0.25, -0.2) is 0 Å². The molecular weight excluding hydrogens is 324 g/mol. The van der Waals surface area contributed by atoms with Crippen LogP contribution >= 0.6 is 0 Å². The molecule has 0 saturated heterocycles. The van der Waals surface area contributed by atoms with Crippen LogP contribution in [0.1, 0.15) is 59.5 Å². The Balaban J connectivity index is 2.02. The van der Waals surface area contributed by atoms with Crippen molar-refractivity contribution in [2.75, 3.05) is 7.05 Å². The molecule has 0 aliphatic heterocycles. The zero-order chi connectivity index (χ0) is 19.3. The van der Waals surface area contributed by atoms with E-state index in [9.17, 15) is 9.59 Å². The zero-order valence-corrected chi connectivity index (χ0v) is 16.3. The van der Waals surface area contributed by atoms with Crippen molar-refractivity contribution in [3.8, 4) is 0 Å². The average molecular weight is 352 g/mol. The molecule has 0 radical (unpaired) electrons. The number of rotatable bonds is 5. The van der Waals surface area contributed by atoms with Gasteiger partial charge in [-0.15, -0.1) is 0 Å². The zero-order valence-electron chi connectivity index (χ0n) is 16.3. The van der Waals surface area contributed by atoms with Gasteiger partial charge in [0.2, 0.25) is 0 Å². The molecule has 0 aliphatic carbocycles. The van der Waals surface area contributed by atoms with Crippen LogP contribution in [0.5, 0.6) is 0 Å². The number of benzene rings is 2. The maximum absolute atomic E-state index is 12.6. The van der Waals surface area contributed by atoms with Crippen LogP contribution in [0.4, 0.5) is 0 Å². The summed E-state index contributed by atoms with van der Waals surface area (Å²) < 4.78 is 0. The van der Waals surface area contributed by atoms with E-state index in [1.165, 1.54) is 5.56 Å². The third-order valence-electron chi connectivity index (χ3n) is 4.08. The topological polar surface area (TPSA) is 49.4 Å². The molecule has 0 saturated carbocycles. The first kappa shape index (κ1) is 19.7. The SMILES string of the molecule is CCc1ccc(CN(C)C(=O)c2ccc(C(=O)NC(C)(C)C)cc2)cc1. The van der Waals surface area contributed by atoms with Gasteiger partial charge in [0.25, 0.3) is 11.8 Å². The number of hydrogen-bond donors (Lipinski definition) is 1. The monoisotopic (exact) mass is 352 g/mol. The van der Waals surface area contributed by atoms with Gasteiger partial charge in [-0.2, -0.15) is 0 Å². The van der Waals surface area contributed by atoms with E-state index in [4.69, 9.17) is 0 Å². The molecule has 0 spiro atoms. The van der Waals surface area contributed by atoms with Crippen molar-refractivity contribution >= 4 is 11.8 Å². The normalized spacial score (nSPS) is 11.1. The number of nitrogens with zero attached hydrogens (tertiary/aromatic N) is 1. The Labute approximate surface area is 156 Å². The van der Waals surface area contributed by atoms with Crippen molar-refractivity contribution < 1.29 is 9.59 Å². The van der Waals surface area contributed by atoms with Crippen molar-refractivity contribution in [3.63, 3.8) is 0 Å². The van der Waals surface area contributed by atoms with Crippen LogP contribution in [0.3, 0.4) is 0 Å². The van der Waals surface area contributed by atoms with Gasteiger partial charge >= 0.3 is 0 Å². The minimum atomic E-state index is -0.293. The molecule has 4 heteroatoms. The van der Waals surface area contributed by atoms with Crippen LogP contribution in [0.25, 0.3) is 0 Å². The third-order valence-corrected chi connectivity index (χ3v) is 4.08. The van der Waals surface area contributed by atoms with Crippen LogP contribution in [-0.4, -0.2) is 29.3 Å². The van der Waals surface area contributed by atoms with Gasteiger partial charge in [0, 0.05) is 30.3 Å². The molecule has 2 aromatic carbocycles. The predicted octanol–water partition coefficient (Wildman–Crippen LogP) is 4.05. The maximum Gasteiger partial charge on any atom is 0.253 e. The highest BCUT2D eigenvalue weighted by molar-refractivity contribution is 5.98. The van der Waals surface area contributed by atoms with Crippen molar-refractivity contribution in [3.05, 3.63) is 70.8 Å². The average Bonchev–Trinajstić information content (AvgIpc) is 2.60. The van der Waals surface area contributed by atoms with Crippen LogP contribution in [0.2, 0.25) is 0 Å². The van der Waals surface area contributed by atoms with E-state index in [0.29, 0.717) is 17.7 Å². The summed E-state index contributed by atoms with van der Waals surface area (Å²) >= 11 is 0. The molecule has 4 nitrogen and oxygen atoms in total. The van der Waals surface area contributed by atoms with Crippen LogP contribution in [-0.2, 0) is 13.0 Å². The lowest BCUT2D eigenvalue weighted by Gasteiger charge is -2.21. The van der Waals surface area contributed by atoms with Gasteiger partial charge in [-0.05, 0) is 62.6 Å². The minimum Gasteiger partial charge on any atom is -0.347 e. The van der Waals surface area contributed by atoms with Gasteiger partial charge in [-0.3, -0.25) is 9.59 Å². The highest BCUT2D eigenvalue weighted by Gasteiger charge is 2.17. The summed E-state index contributed by atoms with van der Waals surface area (Å²) in [6.07, 6.45) is 1.00. The lowest BCUT2D eigenvalue weighted by Crippen LogP contribution is -2.40. The predicted molar refractivity (Wildman–Crippen MR) is 105 cm³/mol. The van der Waals surface area contributed by atoms with E-state index in [1.807, 2.05) is 20.8 Å². The Bertz CT molecular complexity index is 756. The van der Waals surface area contributed by atoms with E-state index in [0.717, 1.165) is 12.0 Å². The minimum absolute atomic E-state index is 0.0626. The largest absolute Gasteiger partial charge is 0.347 e. The van der Waals surface area contributed by atoms with Crippen LogP contribution in [0.15, 0.2) is 48.5 Å². The number of carbonyl (C=O) groups is 2. The summed E-state index contributed by atoms with van der Waals surface area (Å²) in [7, 11) is 1.79. The van der Waals surface area contributed by atoms with Crippen molar-refractivity contribution in [2.24, 2.45) is 0 Å². The Morgan fingerprint density at radius 3 is 1.88 bits per heavy atom. The summed E-state index contributed by atoms with van der Waals surface area (Å²) in [4.78, 5) is 26.5. The molecule has 0 aliphatic rings. The molecule has 2 aromatic rings. The number of hydrogen-bond acceptors (Lipinski definition) is 2. The first-order valence-electron chi connectivity index (χ1n) is 8.95. The molecule has 0 fully saturated rings.